The molecule has 0 aliphatic carbocycles. The second-order valence-electron chi connectivity index (χ2n) is 7.38. The van der Waals surface area contributed by atoms with E-state index in [1.165, 1.54) is 22.3 Å². The fourth-order valence-corrected chi connectivity index (χ4v) is 4.84. The van der Waals surface area contributed by atoms with Crippen LogP contribution in [0.3, 0.4) is 0 Å². The van der Waals surface area contributed by atoms with Crippen LogP contribution in [0.1, 0.15) is 12.7 Å². The van der Waals surface area contributed by atoms with E-state index in [-0.39, 0.29) is 23.8 Å². The minimum Gasteiger partial charge on any atom is -0.466 e. The molecule has 0 unspecified atom stereocenters. The van der Waals surface area contributed by atoms with Crippen LogP contribution in [0.5, 0.6) is 0 Å². The molecule has 2 aromatic carbocycles. The lowest BCUT2D eigenvalue weighted by atomic mass is 10.1. The van der Waals surface area contributed by atoms with Crippen LogP contribution in [0.4, 0.5) is 11.4 Å². The number of nitrogens with two attached hydrogens (primary N) is 1. The minimum absolute atomic E-state index is 0.0408. The molecule has 3 N–H and O–H groups in total. The van der Waals surface area contributed by atoms with E-state index in [9.17, 15) is 14.9 Å². The van der Waals surface area contributed by atoms with Crippen molar-refractivity contribution in [2.24, 2.45) is 0 Å². The number of anilines is 1. The number of hydrogen-bond acceptors (Lipinski definition) is 8. The van der Waals surface area contributed by atoms with E-state index < -0.39 is 4.92 Å². The van der Waals surface area contributed by atoms with Crippen molar-refractivity contribution >= 4 is 51.1 Å². The van der Waals surface area contributed by atoms with E-state index in [0.29, 0.717) is 12.4 Å². The fraction of sp³-hybridized carbons (Fsp3) is 0.120. The summed E-state index contributed by atoms with van der Waals surface area (Å²) in [4.78, 5) is 31.5. The quantitative estimate of drug-likeness (QED) is 0.120. The van der Waals surface area contributed by atoms with Crippen LogP contribution in [0, 0.1) is 10.1 Å². The fourth-order valence-electron chi connectivity index (χ4n) is 3.39. The maximum Gasteiger partial charge on any atom is 0.313 e. The molecule has 0 fully saturated rings. The van der Waals surface area contributed by atoms with Crippen LogP contribution in [0.2, 0.25) is 0 Å². The molecule has 0 aliphatic heterocycles. The van der Waals surface area contributed by atoms with Crippen LogP contribution < -0.4 is 5.73 Å². The zero-order chi connectivity index (χ0) is 24.8. The van der Waals surface area contributed by atoms with E-state index in [0.717, 1.165) is 27.0 Å². The third-order valence-electron chi connectivity index (χ3n) is 4.99. The molecule has 0 saturated carbocycles. The predicted molar refractivity (Wildman–Crippen MR) is 141 cm³/mol. The van der Waals surface area contributed by atoms with Crippen LogP contribution in [-0.2, 0) is 16.0 Å². The number of fused-ring (bicyclic) bond motifs is 1. The van der Waals surface area contributed by atoms with Gasteiger partial charge in [0.1, 0.15) is 17.9 Å². The monoisotopic (exact) mass is 506 g/mol. The number of thiophene rings is 2. The Kier molecular flexibility index (Phi) is 7.54. The standard InChI is InChI=1S/C15H14N2O2S.C10H8N2O2S/c1-2-19-15(18)9-14-16-11-6-5-10(8-12(11)17-14)13-4-3-7-20-13;11-8-4-3-7(6-9(8)12(13)14)10-2-1-5-15-10/h3-8H,2,9H2,1H3,(H,16,17);1-6H,11H2. The number of nitro benzene ring substituents is 1. The van der Waals surface area contributed by atoms with Crippen LogP contribution in [0.15, 0.2) is 71.4 Å². The van der Waals surface area contributed by atoms with Gasteiger partial charge < -0.3 is 15.5 Å². The highest BCUT2D eigenvalue weighted by atomic mass is 32.1. The second kappa shape index (κ2) is 10.9. The smallest absolute Gasteiger partial charge is 0.313 e. The second-order valence-corrected chi connectivity index (χ2v) is 9.28. The Balaban J connectivity index is 0.000000172. The summed E-state index contributed by atoms with van der Waals surface area (Å²) in [6, 6.07) is 18.9. The largest absolute Gasteiger partial charge is 0.466 e. The molecule has 0 saturated heterocycles. The van der Waals surface area contributed by atoms with Gasteiger partial charge in [0.05, 0.1) is 22.6 Å². The van der Waals surface area contributed by atoms with Gasteiger partial charge in [0.2, 0.25) is 0 Å². The number of benzene rings is 2. The third-order valence-corrected chi connectivity index (χ3v) is 6.82. The number of nitro groups is 1. The number of nitrogens with one attached hydrogen (secondary N) is 1. The summed E-state index contributed by atoms with van der Waals surface area (Å²) in [6.45, 7) is 2.19. The van der Waals surface area contributed by atoms with Gasteiger partial charge in [-0.1, -0.05) is 24.3 Å². The number of aromatic amines is 1. The Hall–Kier alpha value is -4.02. The van der Waals surface area contributed by atoms with Crippen LogP contribution >= 0.6 is 22.7 Å². The van der Waals surface area contributed by atoms with Gasteiger partial charge in [0, 0.05) is 15.8 Å². The molecule has 3 heterocycles. The van der Waals surface area contributed by atoms with Crippen LogP contribution in [-0.4, -0.2) is 27.5 Å². The van der Waals surface area contributed by atoms with Crippen molar-refractivity contribution < 1.29 is 14.5 Å². The summed E-state index contributed by atoms with van der Waals surface area (Å²) in [5.41, 5.74) is 9.44. The maximum absolute atomic E-state index is 11.5. The SMILES string of the molecule is CCOC(=O)Cc1nc2ccc(-c3cccs3)cc2[nH]1.Nc1ccc(-c2cccs2)cc1[N+](=O)[O-]. The van der Waals surface area contributed by atoms with Gasteiger partial charge in [-0.25, -0.2) is 4.98 Å². The summed E-state index contributed by atoms with van der Waals surface area (Å²) in [5.74, 6) is 0.381. The van der Waals surface area contributed by atoms with E-state index in [4.69, 9.17) is 10.5 Å². The molecule has 0 spiro atoms. The number of carbonyl (C=O) groups excluding carboxylic acids is 1. The number of nitrogens with zero attached hydrogens (tertiary/aromatic N) is 2. The molecular formula is C25H22N4O4S2. The summed E-state index contributed by atoms with van der Waals surface area (Å²) >= 11 is 3.24. The number of hydrogen-bond donors (Lipinski definition) is 2. The first-order valence-corrected chi connectivity index (χ1v) is 12.5. The average Bonchev–Trinajstić information content (AvgIpc) is 3.60. The lowest BCUT2D eigenvalue weighted by Gasteiger charge is -2.00. The highest BCUT2D eigenvalue weighted by Crippen LogP contribution is 2.31. The maximum atomic E-state index is 11.5. The molecule has 10 heteroatoms. The molecule has 0 radical (unpaired) electrons. The molecule has 8 nitrogen and oxygen atoms in total. The first-order valence-electron chi connectivity index (χ1n) is 10.7. The summed E-state index contributed by atoms with van der Waals surface area (Å²) in [6.07, 6.45) is 0.177. The highest BCUT2D eigenvalue weighted by molar-refractivity contribution is 7.13. The van der Waals surface area contributed by atoms with Gasteiger partial charge in [0.25, 0.3) is 5.69 Å². The molecule has 0 aliphatic rings. The lowest BCUT2D eigenvalue weighted by molar-refractivity contribution is -0.383. The minimum atomic E-state index is -0.466. The van der Waals surface area contributed by atoms with E-state index in [2.05, 4.69) is 27.5 Å². The van der Waals surface area contributed by atoms with Gasteiger partial charge in [-0.2, -0.15) is 0 Å². The Morgan fingerprint density at radius 3 is 2.31 bits per heavy atom. The molecule has 5 aromatic rings. The zero-order valence-electron chi connectivity index (χ0n) is 18.8. The van der Waals surface area contributed by atoms with E-state index >= 15 is 0 Å². The van der Waals surface area contributed by atoms with Crippen molar-refractivity contribution in [3.05, 3.63) is 87.4 Å². The number of carbonyl (C=O) groups is 1. The van der Waals surface area contributed by atoms with Crippen molar-refractivity contribution in [3.63, 3.8) is 0 Å². The van der Waals surface area contributed by atoms with Gasteiger partial charge in [0.15, 0.2) is 0 Å². The van der Waals surface area contributed by atoms with Gasteiger partial charge >= 0.3 is 5.97 Å². The number of rotatable bonds is 6. The van der Waals surface area contributed by atoms with Crippen molar-refractivity contribution in [2.75, 3.05) is 12.3 Å². The zero-order valence-corrected chi connectivity index (χ0v) is 20.4. The molecule has 178 valence electrons. The average molecular weight is 507 g/mol. The van der Waals surface area contributed by atoms with Crippen molar-refractivity contribution in [2.45, 2.75) is 13.3 Å². The van der Waals surface area contributed by atoms with Crippen LogP contribution in [0.25, 0.3) is 31.9 Å². The van der Waals surface area contributed by atoms with Crippen molar-refractivity contribution in [3.8, 4) is 20.9 Å². The molecular weight excluding hydrogens is 484 g/mol. The summed E-state index contributed by atoms with van der Waals surface area (Å²) in [5, 5.41) is 14.7. The highest BCUT2D eigenvalue weighted by Gasteiger charge is 2.13. The first kappa shape index (κ1) is 24.1. The summed E-state index contributed by atoms with van der Waals surface area (Å²) < 4.78 is 4.93. The van der Waals surface area contributed by atoms with E-state index in [1.54, 1.807) is 30.4 Å². The molecule has 0 amide bonds. The number of ether oxygens (including phenoxy) is 1. The lowest BCUT2D eigenvalue weighted by Crippen LogP contribution is -2.08. The summed E-state index contributed by atoms with van der Waals surface area (Å²) in [7, 11) is 0. The Bertz CT molecular complexity index is 1440. The molecule has 35 heavy (non-hydrogen) atoms. The Labute approximate surface area is 209 Å². The predicted octanol–water partition coefficient (Wildman–Crippen LogP) is 6.30. The number of H-pyrrole nitrogens is 1. The normalized spacial score (nSPS) is 10.5. The number of imidazole rings is 1. The topological polar surface area (TPSA) is 124 Å². The van der Waals surface area contributed by atoms with Gasteiger partial charge in [-0.15, -0.1) is 22.7 Å². The van der Waals surface area contributed by atoms with Crippen molar-refractivity contribution in [1.29, 1.82) is 0 Å². The van der Waals surface area contributed by atoms with Gasteiger partial charge in [-0.05, 0) is 59.1 Å². The number of esters is 1. The first-order chi connectivity index (χ1) is 16.9. The number of aromatic nitrogens is 2. The number of nitrogen functional groups attached to an aromatic ring is 1. The molecule has 5 rings (SSSR count). The third kappa shape index (κ3) is 5.92. The Morgan fingerprint density at radius 1 is 1.06 bits per heavy atom. The van der Waals surface area contributed by atoms with E-state index in [1.807, 2.05) is 35.7 Å². The molecule has 0 atom stereocenters. The molecule has 3 aromatic heterocycles. The Morgan fingerprint density at radius 2 is 1.71 bits per heavy atom. The van der Waals surface area contributed by atoms with Crippen molar-refractivity contribution in [1.82, 2.24) is 9.97 Å². The van der Waals surface area contributed by atoms with Gasteiger partial charge in [-0.3, -0.25) is 14.9 Å². The molecule has 0 bridgehead atoms.